The molecule has 0 heterocycles. The molecule has 0 aliphatic rings. The highest BCUT2D eigenvalue weighted by molar-refractivity contribution is 5.77. The molecule has 0 aliphatic heterocycles. The average molecular weight is 225 g/mol. The van der Waals surface area contributed by atoms with Gasteiger partial charge in [-0.3, -0.25) is 4.79 Å². The van der Waals surface area contributed by atoms with Crippen molar-refractivity contribution in [3.63, 3.8) is 0 Å². The largest absolute Gasteiger partial charge is 0.317 e. The fourth-order valence-corrected chi connectivity index (χ4v) is 1.79. The fourth-order valence-electron chi connectivity index (χ4n) is 1.79. The van der Waals surface area contributed by atoms with Crippen LogP contribution in [0.15, 0.2) is 12.8 Å². The normalized spacial score (nSPS) is 10.5. The minimum Gasteiger partial charge on any atom is -0.317 e. The Kier molecular flexibility index (Phi) is 8.97. The highest BCUT2D eigenvalue weighted by Crippen LogP contribution is 2.09. The zero-order valence-electron chi connectivity index (χ0n) is 11.2. The van der Waals surface area contributed by atoms with Gasteiger partial charge in [0.15, 0.2) is 0 Å². The highest BCUT2D eigenvalue weighted by Gasteiger charge is 2.12. The molecule has 0 atom stereocenters. The number of rotatable bonds is 9. The van der Waals surface area contributed by atoms with E-state index in [-0.39, 0.29) is 11.9 Å². The number of hydrogen-bond donors (Lipinski definition) is 0. The number of amides is 1. The van der Waals surface area contributed by atoms with E-state index in [0.29, 0.717) is 6.42 Å². The molecule has 0 N–H and O–H groups in total. The molecule has 0 aliphatic carbocycles. The lowest BCUT2D eigenvalue weighted by atomic mass is 10.1. The van der Waals surface area contributed by atoms with E-state index in [1.165, 1.54) is 32.1 Å². The Bertz CT molecular complexity index is 199. The van der Waals surface area contributed by atoms with Crippen molar-refractivity contribution in [1.29, 1.82) is 0 Å². The van der Waals surface area contributed by atoms with E-state index in [2.05, 4.69) is 13.5 Å². The van der Waals surface area contributed by atoms with Gasteiger partial charge in [-0.25, -0.2) is 0 Å². The lowest BCUT2D eigenvalue weighted by Gasteiger charge is -2.22. The molecule has 0 spiro atoms. The van der Waals surface area contributed by atoms with E-state index in [1.807, 2.05) is 13.8 Å². The number of carbonyl (C=O) groups is 1. The molecule has 2 nitrogen and oxygen atoms in total. The Morgan fingerprint density at radius 1 is 1.19 bits per heavy atom. The molecule has 0 rings (SSSR count). The molecule has 0 aromatic heterocycles. The van der Waals surface area contributed by atoms with Gasteiger partial charge >= 0.3 is 0 Å². The van der Waals surface area contributed by atoms with Gasteiger partial charge in [-0.15, -0.1) is 0 Å². The highest BCUT2D eigenvalue weighted by atomic mass is 16.2. The van der Waals surface area contributed by atoms with E-state index in [1.54, 1.807) is 11.1 Å². The van der Waals surface area contributed by atoms with Crippen molar-refractivity contribution in [1.82, 2.24) is 4.90 Å². The second-order valence-electron chi connectivity index (χ2n) is 4.60. The third-order valence-electron chi connectivity index (χ3n) is 2.79. The van der Waals surface area contributed by atoms with Crippen LogP contribution in [0.3, 0.4) is 0 Å². The van der Waals surface area contributed by atoms with Crippen LogP contribution in [-0.2, 0) is 4.79 Å². The summed E-state index contributed by atoms with van der Waals surface area (Å²) in [6.45, 7) is 9.92. The van der Waals surface area contributed by atoms with Gasteiger partial charge in [-0.05, 0) is 26.5 Å². The topological polar surface area (TPSA) is 20.3 Å². The average Bonchev–Trinajstić information content (AvgIpc) is 2.23. The van der Waals surface area contributed by atoms with E-state index >= 15 is 0 Å². The monoisotopic (exact) mass is 225 g/mol. The summed E-state index contributed by atoms with van der Waals surface area (Å²) in [5.41, 5.74) is 0. The summed E-state index contributed by atoms with van der Waals surface area (Å²) in [5, 5.41) is 0. The van der Waals surface area contributed by atoms with Gasteiger partial charge in [0.25, 0.3) is 0 Å². The first-order valence-corrected chi connectivity index (χ1v) is 6.57. The fraction of sp³-hybridized carbons (Fsp3) is 0.786. The number of carbonyl (C=O) groups excluding carboxylic acids is 1. The molecule has 0 saturated carbocycles. The van der Waals surface area contributed by atoms with Crippen molar-refractivity contribution in [3.05, 3.63) is 12.8 Å². The first-order valence-electron chi connectivity index (χ1n) is 6.57. The lowest BCUT2D eigenvalue weighted by Crippen LogP contribution is -2.31. The summed E-state index contributed by atoms with van der Waals surface area (Å²) < 4.78 is 0. The van der Waals surface area contributed by atoms with Crippen molar-refractivity contribution in [2.45, 2.75) is 71.8 Å². The Labute approximate surface area is 101 Å². The molecule has 1 amide bonds. The summed E-state index contributed by atoms with van der Waals surface area (Å²) in [4.78, 5) is 13.5. The predicted molar refractivity (Wildman–Crippen MR) is 70.2 cm³/mol. The Balaban J connectivity index is 3.60. The van der Waals surface area contributed by atoms with Gasteiger partial charge in [0.05, 0.1) is 0 Å². The minimum atomic E-state index is 0.209. The number of unbranched alkanes of at least 4 members (excludes halogenated alkanes) is 5. The van der Waals surface area contributed by atoms with Crippen LogP contribution in [0.2, 0.25) is 0 Å². The zero-order valence-corrected chi connectivity index (χ0v) is 11.2. The van der Waals surface area contributed by atoms with Gasteiger partial charge < -0.3 is 4.90 Å². The predicted octanol–water partition coefficient (Wildman–Crippen LogP) is 4.12. The standard InChI is InChI=1S/C14H27NO/c1-5-7-8-9-10-11-12-14(16)15(6-2)13(3)4/h6,13H,2,5,7-12H2,1,3-4H3. The maximum Gasteiger partial charge on any atom is 0.226 e. The third kappa shape index (κ3) is 6.65. The van der Waals surface area contributed by atoms with Gasteiger partial charge in [0.2, 0.25) is 5.91 Å². The Morgan fingerprint density at radius 3 is 2.25 bits per heavy atom. The molecule has 2 heteroatoms. The third-order valence-corrected chi connectivity index (χ3v) is 2.79. The summed E-state index contributed by atoms with van der Waals surface area (Å²) in [7, 11) is 0. The molecule has 94 valence electrons. The SMILES string of the molecule is C=CN(C(=O)CCCCCCCC)C(C)C. The molecular weight excluding hydrogens is 198 g/mol. The minimum absolute atomic E-state index is 0.209. The first-order chi connectivity index (χ1) is 7.63. The van der Waals surface area contributed by atoms with Gasteiger partial charge in [-0.2, -0.15) is 0 Å². The quantitative estimate of drug-likeness (QED) is 0.541. The number of nitrogens with zero attached hydrogens (tertiary/aromatic N) is 1. The summed E-state index contributed by atoms with van der Waals surface area (Å²) in [6, 6.07) is 0.227. The van der Waals surface area contributed by atoms with Crippen molar-refractivity contribution in [2.24, 2.45) is 0 Å². The molecule has 16 heavy (non-hydrogen) atoms. The second kappa shape index (κ2) is 9.44. The van der Waals surface area contributed by atoms with Crippen LogP contribution in [-0.4, -0.2) is 16.8 Å². The Morgan fingerprint density at radius 2 is 1.75 bits per heavy atom. The van der Waals surface area contributed by atoms with Crippen LogP contribution in [0.4, 0.5) is 0 Å². The van der Waals surface area contributed by atoms with E-state index in [9.17, 15) is 4.79 Å². The maximum absolute atomic E-state index is 11.8. The summed E-state index contributed by atoms with van der Waals surface area (Å²) in [6.07, 6.45) is 9.65. The second-order valence-corrected chi connectivity index (χ2v) is 4.60. The summed E-state index contributed by atoms with van der Waals surface area (Å²) in [5.74, 6) is 0.209. The van der Waals surface area contributed by atoms with E-state index < -0.39 is 0 Å². The molecule has 0 fully saturated rings. The molecule has 0 aromatic carbocycles. The lowest BCUT2D eigenvalue weighted by molar-refractivity contribution is -0.130. The molecule has 0 radical (unpaired) electrons. The molecule has 0 saturated heterocycles. The van der Waals surface area contributed by atoms with Crippen LogP contribution >= 0.6 is 0 Å². The van der Waals surface area contributed by atoms with E-state index in [0.717, 1.165) is 6.42 Å². The molecule has 0 unspecified atom stereocenters. The van der Waals surface area contributed by atoms with E-state index in [4.69, 9.17) is 0 Å². The van der Waals surface area contributed by atoms with Crippen LogP contribution in [0.1, 0.15) is 65.7 Å². The molecular formula is C14H27NO. The van der Waals surface area contributed by atoms with Crippen molar-refractivity contribution < 1.29 is 4.79 Å². The van der Waals surface area contributed by atoms with Crippen molar-refractivity contribution in [3.8, 4) is 0 Å². The van der Waals surface area contributed by atoms with Crippen LogP contribution in [0.5, 0.6) is 0 Å². The van der Waals surface area contributed by atoms with Crippen LogP contribution in [0, 0.1) is 0 Å². The smallest absolute Gasteiger partial charge is 0.226 e. The van der Waals surface area contributed by atoms with Crippen molar-refractivity contribution >= 4 is 5.91 Å². The van der Waals surface area contributed by atoms with Gasteiger partial charge in [0.1, 0.15) is 0 Å². The zero-order chi connectivity index (χ0) is 12.4. The number of hydrogen-bond acceptors (Lipinski definition) is 1. The van der Waals surface area contributed by atoms with Crippen molar-refractivity contribution in [2.75, 3.05) is 0 Å². The molecule has 0 bridgehead atoms. The van der Waals surface area contributed by atoms with Gasteiger partial charge in [0, 0.05) is 12.5 Å². The summed E-state index contributed by atoms with van der Waals surface area (Å²) >= 11 is 0. The van der Waals surface area contributed by atoms with Gasteiger partial charge in [-0.1, -0.05) is 45.6 Å². The van der Waals surface area contributed by atoms with Crippen LogP contribution < -0.4 is 0 Å². The first kappa shape index (κ1) is 15.2. The maximum atomic E-state index is 11.8. The van der Waals surface area contributed by atoms with Crippen LogP contribution in [0.25, 0.3) is 0 Å². The molecule has 0 aromatic rings. The Hall–Kier alpha value is -0.790.